The van der Waals surface area contributed by atoms with Crippen molar-refractivity contribution in [3.63, 3.8) is 0 Å². The first-order valence-electron chi connectivity index (χ1n) is 7.32. The Balaban J connectivity index is 2.41. The third-order valence-electron chi connectivity index (χ3n) is 4.04. The summed E-state index contributed by atoms with van der Waals surface area (Å²) in [6.07, 6.45) is 7.91. The van der Waals surface area contributed by atoms with Gasteiger partial charge in [-0.2, -0.15) is 0 Å². The quantitative estimate of drug-likeness (QED) is 0.394. The number of nitrogens with zero attached hydrogens (tertiary/aromatic N) is 1. The van der Waals surface area contributed by atoms with E-state index >= 15 is 0 Å². The Kier molecular flexibility index (Phi) is 4.45. The molecule has 1 heterocycles. The van der Waals surface area contributed by atoms with E-state index < -0.39 is 0 Å². The second-order valence-corrected chi connectivity index (χ2v) is 6.05. The van der Waals surface area contributed by atoms with E-state index in [0.717, 1.165) is 12.0 Å². The topological polar surface area (TPSA) is 44.2 Å². The molecule has 22 heavy (non-hydrogen) atoms. The van der Waals surface area contributed by atoms with Crippen LogP contribution in [0.1, 0.15) is 26.3 Å². The molecule has 0 aromatic heterocycles. The molecule has 0 aliphatic carbocycles. The van der Waals surface area contributed by atoms with Crippen molar-refractivity contribution in [1.29, 1.82) is 5.41 Å². The lowest BCUT2D eigenvalue weighted by atomic mass is 9.83. The van der Waals surface area contributed by atoms with Crippen LogP contribution in [0.2, 0.25) is 0 Å². The molecule has 0 unspecified atom stereocenters. The molecule has 3 nitrogen and oxygen atoms in total. The summed E-state index contributed by atoms with van der Waals surface area (Å²) in [4.78, 5) is 13.3. The molecule has 2 rings (SSSR count). The van der Waals surface area contributed by atoms with E-state index in [1.54, 1.807) is 19.1 Å². The zero-order valence-corrected chi connectivity index (χ0v) is 13.6. The molecular formula is C19H22N2O. The van der Waals surface area contributed by atoms with Gasteiger partial charge < -0.3 is 10.3 Å². The summed E-state index contributed by atoms with van der Waals surface area (Å²) < 4.78 is 0. The number of fused-ring (bicyclic) bond motifs is 1. The van der Waals surface area contributed by atoms with Gasteiger partial charge in [0, 0.05) is 35.1 Å². The Hall–Kier alpha value is -2.42. The van der Waals surface area contributed by atoms with Crippen LogP contribution in [-0.2, 0) is 10.2 Å². The third kappa shape index (κ3) is 2.93. The highest BCUT2D eigenvalue weighted by atomic mass is 16.1. The number of hydrogen-bond acceptors (Lipinski definition) is 3. The minimum Gasteiger partial charge on any atom is -0.347 e. The summed E-state index contributed by atoms with van der Waals surface area (Å²) >= 11 is 0. The lowest BCUT2D eigenvalue weighted by molar-refractivity contribution is -0.104. The summed E-state index contributed by atoms with van der Waals surface area (Å²) in [6.45, 7) is 6.06. The zero-order valence-electron chi connectivity index (χ0n) is 13.6. The Morgan fingerprint density at radius 2 is 1.91 bits per heavy atom. The SMILES string of the molecule is CC(=N)\C=C/C(C=O)=C/C=C1\N(C)c2ccccc2C1(C)C. The van der Waals surface area contributed by atoms with E-state index in [0.29, 0.717) is 11.3 Å². The number of carbonyl (C=O) groups is 1. The van der Waals surface area contributed by atoms with Gasteiger partial charge in [-0.05, 0) is 42.9 Å². The molecule has 0 saturated heterocycles. The van der Waals surface area contributed by atoms with Gasteiger partial charge in [0.15, 0.2) is 0 Å². The number of carbonyl (C=O) groups excluding carboxylic acids is 1. The van der Waals surface area contributed by atoms with E-state index in [4.69, 9.17) is 5.41 Å². The number of hydrogen-bond donors (Lipinski definition) is 1. The van der Waals surface area contributed by atoms with Crippen LogP contribution in [0.4, 0.5) is 5.69 Å². The Bertz CT molecular complexity index is 693. The van der Waals surface area contributed by atoms with Crippen molar-refractivity contribution in [2.75, 3.05) is 11.9 Å². The van der Waals surface area contributed by atoms with E-state index in [1.807, 2.05) is 25.3 Å². The maximum atomic E-state index is 11.2. The average molecular weight is 294 g/mol. The molecule has 1 aliphatic heterocycles. The van der Waals surface area contributed by atoms with Crippen LogP contribution in [0.5, 0.6) is 0 Å². The van der Waals surface area contributed by atoms with Crippen molar-refractivity contribution in [3.8, 4) is 0 Å². The summed E-state index contributed by atoms with van der Waals surface area (Å²) in [7, 11) is 2.05. The fourth-order valence-electron chi connectivity index (χ4n) is 2.83. The van der Waals surface area contributed by atoms with Crippen molar-refractivity contribution in [2.24, 2.45) is 0 Å². The molecule has 0 atom stereocenters. The molecule has 0 amide bonds. The standard InChI is InChI=1S/C19H22N2O/c1-14(20)9-10-15(13-22)11-12-18-19(2,3)16-7-5-6-8-17(16)21(18)4/h5-13,20H,1-4H3/b10-9-,15-11-,18-12-,20-14?. The molecule has 1 aromatic carbocycles. The zero-order chi connectivity index (χ0) is 16.3. The number of nitrogens with one attached hydrogen (secondary N) is 1. The van der Waals surface area contributed by atoms with Gasteiger partial charge in [-0.15, -0.1) is 0 Å². The van der Waals surface area contributed by atoms with Crippen LogP contribution in [0.15, 0.2) is 59.8 Å². The largest absolute Gasteiger partial charge is 0.347 e. The predicted octanol–water partition coefficient (Wildman–Crippen LogP) is 4.02. The van der Waals surface area contributed by atoms with Gasteiger partial charge in [0.1, 0.15) is 6.29 Å². The molecule has 0 fully saturated rings. The van der Waals surface area contributed by atoms with Crippen LogP contribution < -0.4 is 4.90 Å². The average Bonchev–Trinajstić information content (AvgIpc) is 2.68. The summed E-state index contributed by atoms with van der Waals surface area (Å²) in [5.41, 5.74) is 4.51. The lowest BCUT2D eigenvalue weighted by Crippen LogP contribution is -2.22. The highest BCUT2D eigenvalue weighted by molar-refractivity contribution is 5.92. The molecule has 1 aromatic rings. The van der Waals surface area contributed by atoms with Gasteiger partial charge in [0.05, 0.1) is 0 Å². The molecule has 114 valence electrons. The number of anilines is 1. The van der Waals surface area contributed by atoms with E-state index in [-0.39, 0.29) is 5.41 Å². The summed E-state index contributed by atoms with van der Waals surface area (Å²) in [6, 6.07) is 8.35. The molecule has 1 N–H and O–H groups in total. The second-order valence-electron chi connectivity index (χ2n) is 6.05. The monoisotopic (exact) mass is 294 g/mol. The minimum absolute atomic E-state index is 0.100. The first-order chi connectivity index (χ1) is 10.4. The van der Waals surface area contributed by atoms with Gasteiger partial charge in [-0.25, -0.2) is 0 Å². The number of para-hydroxylation sites is 1. The lowest BCUT2D eigenvalue weighted by Gasteiger charge is -2.23. The molecular weight excluding hydrogens is 272 g/mol. The Labute approximate surface area is 132 Å². The maximum absolute atomic E-state index is 11.2. The molecule has 0 spiro atoms. The van der Waals surface area contributed by atoms with Crippen LogP contribution >= 0.6 is 0 Å². The Morgan fingerprint density at radius 3 is 2.50 bits per heavy atom. The molecule has 0 saturated carbocycles. The van der Waals surface area contributed by atoms with E-state index in [1.165, 1.54) is 11.3 Å². The number of allylic oxidation sites excluding steroid dienone is 6. The first-order valence-corrected chi connectivity index (χ1v) is 7.32. The number of rotatable bonds is 4. The number of benzene rings is 1. The van der Waals surface area contributed by atoms with Gasteiger partial charge in [0.2, 0.25) is 0 Å². The second kappa shape index (κ2) is 6.14. The first kappa shape index (κ1) is 16.0. The van der Waals surface area contributed by atoms with Crippen LogP contribution in [-0.4, -0.2) is 19.0 Å². The summed E-state index contributed by atoms with van der Waals surface area (Å²) in [5.74, 6) is 0. The van der Waals surface area contributed by atoms with Crippen molar-refractivity contribution in [1.82, 2.24) is 0 Å². The van der Waals surface area contributed by atoms with Crippen molar-refractivity contribution in [3.05, 3.63) is 65.4 Å². The Morgan fingerprint density at radius 1 is 1.23 bits per heavy atom. The van der Waals surface area contributed by atoms with Gasteiger partial charge in [0.25, 0.3) is 0 Å². The van der Waals surface area contributed by atoms with Crippen LogP contribution in [0, 0.1) is 5.41 Å². The van der Waals surface area contributed by atoms with Gasteiger partial charge >= 0.3 is 0 Å². The smallest absolute Gasteiger partial charge is 0.150 e. The molecule has 3 heteroatoms. The minimum atomic E-state index is -0.100. The van der Waals surface area contributed by atoms with Crippen LogP contribution in [0.25, 0.3) is 0 Å². The van der Waals surface area contributed by atoms with Crippen molar-refractivity contribution >= 4 is 17.7 Å². The number of aldehydes is 1. The van der Waals surface area contributed by atoms with Gasteiger partial charge in [-0.3, -0.25) is 4.79 Å². The van der Waals surface area contributed by atoms with E-state index in [2.05, 4.69) is 36.9 Å². The maximum Gasteiger partial charge on any atom is 0.150 e. The van der Waals surface area contributed by atoms with Crippen molar-refractivity contribution < 1.29 is 4.79 Å². The van der Waals surface area contributed by atoms with Crippen LogP contribution in [0.3, 0.4) is 0 Å². The highest BCUT2D eigenvalue weighted by Crippen LogP contribution is 2.46. The fourth-order valence-corrected chi connectivity index (χ4v) is 2.83. The number of likely N-dealkylation sites (N-methyl/N-ethyl adjacent to an activating group) is 1. The normalized spacial score (nSPS) is 18.8. The molecule has 0 radical (unpaired) electrons. The highest BCUT2D eigenvalue weighted by Gasteiger charge is 2.37. The van der Waals surface area contributed by atoms with Crippen molar-refractivity contribution in [2.45, 2.75) is 26.2 Å². The molecule has 1 aliphatic rings. The molecule has 0 bridgehead atoms. The third-order valence-corrected chi connectivity index (χ3v) is 4.04. The predicted molar refractivity (Wildman–Crippen MR) is 92.6 cm³/mol. The van der Waals surface area contributed by atoms with E-state index in [9.17, 15) is 4.79 Å². The fraction of sp³-hybridized carbons (Fsp3) is 0.263. The van der Waals surface area contributed by atoms with Gasteiger partial charge in [-0.1, -0.05) is 32.0 Å². The summed E-state index contributed by atoms with van der Waals surface area (Å²) in [5, 5.41) is 7.39.